The van der Waals surface area contributed by atoms with Crippen molar-refractivity contribution >= 4 is 10.8 Å². The van der Waals surface area contributed by atoms with Gasteiger partial charge in [-0.25, -0.2) is 0 Å². The Kier molecular flexibility index (Phi) is 2.72. The van der Waals surface area contributed by atoms with Gasteiger partial charge in [0.1, 0.15) is 5.75 Å². The fraction of sp³-hybridized carbons (Fsp3) is 0.412. The van der Waals surface area contributed by atoms with Gasteiger partial charge in [-0.15, -0.1) is 0 Å². The number of phenolic OH excluding ortho intramolecular Hbond substituents is 1. The number of aliphatic hydroxyl groups is 1. The molecule has 2 N–H and O–H groups in total. The second-order valence-electron chi connectivity index (χ2n) is 6.29. The van der Waals surface area contributed by atoms with Crippen molar-refractivity contribution in [2.45, 2.75) is 19.1 Å². The van der Waals surface area contributed by atoms with Crippen molar-refractivity contribution < 1.29 is 10.2 Å². The summed E-state index contributed by atoms with van der Waals surface area (Å²) < 4.78 is 0. The lowest BCUT2D eigenvalue weighted by molar-refractivity contribution is -0.00435. The van der Waals surface area contributed by atoms with Gasteiger partial charge in [0.05, 0.1) is 6.10 Å². The first kappa shape index (κ1) is 12.2. The summed E-state index contributed by atoms with van der Waals surface area (Å²) in [6.45, 7) is 3.10. The Hall–Kier alpha value is -1.58. The topological polar surface area (TPSA) is 43.7 Å². The molecule has 2 fully saturated rings. The molecule has 0 aromatic heterocycles. The van der Waals surface area contributed by atoms with Crippen molar-refractivity contribution in [3.8, 4) is 5.75 Å². The Morgan fingerprint density at radius 1 is 1.05 bits per heavy atom. The van der Waals surface area contributed by atoms with Crippen molar-refractivity contribution in [1.29, 1.82) is 0 Å². The molecule has 1 aliphatic heterocycles. The molecule has 2 aromatic carbocycles. The van der Waals surface area contributed by atoms with Crippen LogP contribution in [-0.2, 0) is 6.54 Å². The highest BCUT2D eigenvalue weighted by atomic mass is 16.3. The zero-order chi connectivity index (χ0) is 13.7. The second kappa shape index (κ2) is 4.47. The first-order valence-corrected chi connectivity index (χ1v) is 7.31. The lowest BCUT2D eigenvalue weighted by atomic mass is 9.74. The van der Waals surface area contributed by atoms with Gasteiger partial charge in [0.15, 0.2) is 0 Å². The van der Waals surface area contributed by atoms with Crippen LogP contribution in [0.25, 0.3) is 10.8 Å². The number of benzene rings is 2. The van der Waals surface area contributed by atoms with Crippen LogP contribution in [0, 0.1) is 11.8 Å². The summed E-state index contributed by atoms with van der Waals surface area (Å²) in [6.07, 6.45) is 0.919. The first-order chi connectivity index (χ1) is 9.69. The third-order valence-corrected chi connectivity index (χ3v) is 4.90. The van der Waals surface area contributed by atoms with Gasteiger partial charge in [-0.1, -0.05) is 18.2 Å². The predicted octanol–water partition coefficient (Wildman–Crippen LogP) is 2.36. The van der Waals surface area contributed by atoms with Gasteiger partial charge in [0.2, 0.25) is 0 Å². The van der Waals surface area contributed by atoms with Crippen LogP contribution < -0.4 is 0 Å². The van der Waals surface area contributed by atoms with E-state index in [-0.39, 0.29) is 6.10 Å². The van der Waals surface area contributed by atoms with Crippen LogP contribution in [0.2, 0.25) is 0 Å². The minimum absolute atomic E-state index is 0.0652. The minimum Gasteiger partial charge on any atom is -0.508 e. The third-order valence-electron chi connectivity index (χ3n) is 4.90. The van der Waals surface area contributed by atoms with E-state index in [0.29, 0.717) is 17.6 Å². The highest BCUT2D eigenvalue weighted by Crippen LogP contribution is 2.41. The Balaban J connectivity index is 1.53. The molecule has 1 heterocycles. The van der Waals surface area contributed by atoms with Gasteiger partial charge in [0, 0.05) is 25.6 Å². The average Bonchev–Trinajstić information content (AvgIpc) is 2.76. The van der Waals surface area contributed by atoms with E-state index in [1.807, 2.05) is 6.07 Å². The van der Waals surface area contributed by atoms with E-state index >= 15 is 0 Å². The number of hydrogen-bond donors (Lipinski definition) is 2. The number of aliphatic hydroxyl groups excluding tert-OH is 1. The molecular formula is C17H19NO2. The highest BCUT2D eigenvalue weighted by molar-refractivity contribution is 5.84. The van der Waals surface area contributed by atoms with Crippen LogP contribution in [0.5, 0.6) is 5.75 Å². The Labute approximate surface area is 118 Å². The van der Waals surface area contributed by atoms with Crippen molar-refractivity contribution in [3.05, 3.63) is 42.0 Å². The van der Waals surface area contributed by atoms with Crippen LogP contribution in [0.15, 0.2) is 36.4 Å². The molecule has 104 valence electrons. The second-order valence-corrected chi connectivity index (χ2v) is 6.29. The molecule has 1 saturated heterocycles. The van der Waals surface area contributed by atoms with Crippen LogP contribution in [0.1, 0.15) is 12.0 Å². The Morgan fingerprint density at radius 2 is 1.85 bits per heavy atom. The van der Waals surface area contributed by atoms with Crippen molar-refractivity contribution in [3.63, 3.8) is 0 Å². The van der Waals surface area contributed by atoms with Crippen molar-refractivity contribution in [1.82, 2.24) is 4.90 Å². The average molecular weight is 269 g/mol. The summed E-state index contributed by atoms with van der Waals surface area (Å²) in [4.78, 5) is 2.45. The van der Waals surface area contributed by atoms with Gasteiger partial charge in [-0.2, -0.15) is 0 Å². The van der Waals surface area contributed by atoms with Crippen LogP contribution in [0.4, 0.5) is 0 Å². The molecular weight excluding hydrogens is 250 g/mol. The predicted molar refractivity (Wildman–Crippen MR) is 78.5 cm³/mol. The van der Waals surface area contributed by atoms with Gasteiger partial charge < -0.3 is 10.2 Å². The van der Waals surface area contributed by atoms with E-state index in [1.165, 1.54) is 10.9 Å². The molecule has 0 bridgehead atoms. The molecule has 4 rings (SSSR count). The Morgan fingerprint density at radius 3 is 2.65 bits per heavy atom. The van der Waals surface area contributed by atoms with Gasteiger partial charge in [-0.3, -0.25) is 4.90 Å². The number of hydrogen-bond acceptors (Lipinski definition) is 3. The first-order valence-electron chi connectivity index (χ1n) is 7.31. The van der Waals surface area contributed by atoms with E-state index in [9.17, 15) is 10.2 Å². The monoisotopic (exact) mass is 269 g/mol. The maximum Gasteiger partial charge on any atom is 0.116 e. The summed E-state index contributed by atoms with van der Waals surface area (Å²) in [6, 6.07) is 11.9. The van der Waals surface area contributed by atoms with E-state index in [0.717, 1.165) is 31.4 Å². The number of rotatable bonds is 2. The fourth-order valence-electron chi connectivity index (χ4n) is 3.73. The molecule has 3 heteroatoms. The fourth-order valence-corrected chi connectivity index (χ4v) is 3.73. The summed E-state index contributed by atoms with van der Waals surface area (Å²) in [5, 5.41) is 21.5. The third kappa shape index (κ3) is 1.98. The van der Waals surface area contributed by atoms with E-state index in [4.69, 9.17) is 0 Å². The van der Waals surface area contributed by atoms with Crippen LogP contribution in [-0.4, -0.2) is 34.3 Å². The number of fused-ring (bicyclic) bond motifs is 2. The van der Waals surface area contributed by atoms with E-state index in [1.54, 1.807) is 12.1 Å². The summed E-state index contributed by atoms with van der Waals surface area (Å²) in [5.41, 5.74) is 1.30. The number of aromatic hydroxyl groups is 1. The number of nitrogens with zero attached hydrogens (tertiary/aromatic N) is 1. The summed E-state index contributed by atoms with van der Waals surface area (Å²) >= 11 is 0. The normalized spacial score (nSPS) is 29.4. The molecule has 0 radical (unpaired) electrons. The molecule has 1 saturated carbocycles. The Bertz CT molecular complexity index is 654. The smallest absolute Gasteiger partial charge is 0.116 e. The molecule has 0 spiro atoms. The largest absolute Gasteiger partial charge is 0.508 e. The minimum atomic E-state index is -0.0652. The lowest BCUT2D eigenvalue weighted by Gasteiger charge is -2.35. The molecule has 1 aliphatic carbocycles. The molecule has 2 aromatic rings. The molecule has 3 nitrogen and oxygen atoms in total. The highest BCUT2D eigenvalue weighted by Gasteiger charge is 2.45. The quantitative estimate of drug-likeness (QED) is 0.879. The maximum atomic E-state index is 9.72. The summed E-state index contributed by atoms with van der Waals surface area (Å²) in [7, 11) is 0. The van der Waals surface area contributed by atoms with Gasteiger partial charge in [0.25, 0.3) is 0 Å². The molecule has 20 heavy (non-hydrogen) atoms. The van der Waals surface area contributed by atoms with Crippen LogP contribution in [0.3, 0.4) is 0 Å². The zero-order valence-corrected chi connectivity index (χ0v) is 11.4. The van der Waals surface area contributed by atoms with Crippen molar-refractivity contribution in [2.75, 3.05) is 13.1 Å². The summed E-state index contributed by atoms with van der Waals surface area (Å²) in [5.74, 6) is 1.53. The van der Waals surface area contributed by atoms with Gasteiger partial charge >= 0.3 is 0 Å². The zero-order valence-electron chi connectivity index (χ0n) is 11.4. The lowest BCUT2D eigenvalue weighted by Crippen LogP contribution is -2.39. The van der Waals surface area contributed by atoms with E-state index < -0.39 is 0 Å². The van der Waals surface area contributed by atoms with E-state index in [2.05, 4.69) is 23.1 Å². The van der Waals surface area contributed by atoms with Gasteiger partial charge in [-0.05, 0) is 46.9 Å². The molecule has 3 atom stereocenters. The maximum absolute atomic E-state index is 9.72. The molecule has 0 amide bonds. The van der Waals surface area contributed by atoms with Crippen LogP contribution >= 0.6 is 0 Å². The standard InChI is InChI=1S/C17H19NO2/c19-15-4-3-12-5-11(1-2-13(12)6-15)8-18-9-14-7-17(20)16(14)10-18/h1-6,14,16-17,19-20H,7-10H2/t14-,16+,17-/m1/s1. The number of phenols is 1. The number of likely N-dealkylation sites (tertiary alicyclic amines) is 1. The molecule has 2 aliphatic rings. The van der Waals surface area contributed by atoms with Crippen molar-refractivity contribution in [2.24, 2.45) is 11.8 Å². The SMILES string of the molecule is Oc1ccc2cc(CN3C[C@H]4C[C@@H](O)[C@H]4C3)ccc2c1. The molecule has 0 unspecified atom stereocenters.